The molecular formula is C23H27N5O4S2. The van der Waals surface area contributed by atoms with Crippen LogP contribution in [0.3, 0.4) is 0 Å². The molecule has 4 rings (SSSR count). The van der Waals surface area contributed by atoms with E-state index in [0.29, 0.717) is 28.2 Å². The van der Waals surface area contributed by atoms with Gasteiger partial charge in [-0.2, -0.15) is 0 Å². The quantitative estimate of drug-likeness (QED) is 0.305. The van der Waals surface area contributed by atoms with Crippen molar-refractivity contribution in [1.82, 2.24) is 25.4 Å². The number of benzene rings is 1. The van der Waals surface area contributed by atoms with Gasteiger partial charge in [-0.05, 0) is 37.1 Å². The Labute approximate surface area is 206 Å². The summed E-state index contributed by atoms with van der Waals surface area (Å²) in [6.45, 7) is 8.48. The van der Waals surface area contributed by atoms with Crippen molar-refractivity contribution in [2.24, 2.45) is 5.92 Å². The number of nitrogens with zero attached hydrogens (tertiary/aromatic N) is 3. The highest BCUT2D eigenvalue weighted by Gasteiger charge is 2.45. The van der Waals surface area contributed by atoms with Gasteiger partial charge in [0.25, 0.3) is 0 Å². The zero-order valence-corrected chi connectivity index (χ0v) is 20.9. The van der Waals surface area contributed by atoms with E-state index in [9.17, 15) is 9.59 Å². The van der Waals surface area contributed by atoms with Gasteiger partial charge in [-0.3, -0.25) is 14.7 Å². The molecular weight excluding hydrogens is 474 g/mol. The summed E-state index contributed by atoms with van der Waals surface area (Å²) >= 11 is 2.83. The van der Waals surface area contributed by atoms with Gasteiger partial charge in [0.15, 0.2) is 11.0 Å². The largest absolute Gasteiger partial charge is 0.486 e. The van der Waals surface area contributed by atoms with Crippen molar-refractivity contribution >= 4 is 35.4 Å². The van der Waals surface area contributed by atoms with Crippen molar-refractivity contribution in [1.29, 1.82) is 0 Å². The summed E-state index contributed by atoms with van der Waals surface area (Å²) in [6, 6.07) is 7.84. The molecule has 1 saturated heterocycles. The zero-order valence-electron chi connectivity index (χ0n) is 19.2. The molecule has 1 fully saturated rings. The summed E-state index contributed by atoms with van der Waals surface area (Å²) in [5, 5.41) is 15.6. The number of methoxy groups -OCH3 is 1. The number of carbonyl (C=O) groups excluding carboxylic acids is 2. The Morgan fingerprint density at radius 3 is 2.91 bits per heavy atom. The third-order valence-corrected chi connectivity index (χ3v) is 8.00. The summed E-state index contributed by atoms with van der Waals surface area (Å²) < 4.78 is 12.7. The second-order valence-corrected chi connectivity index (χ2v) is 10.1. The first-order valence-corrected chi connectivity index (χ1v) is 12.6. The monoisotopic (exact) mass is 501 g/mol. The van der Waals surface area contributed by atoms with Crippen molar-refractivity contribution in [3.8, 4) is 5.75 Å². The molecule has 1 aromatic heterocycles. The van der Waals surface area contributed by atoms with Crippen LogP contribution in [-0.2, 0) is 27.5 Å². The van der Waals surface area contributed by atoms with Crippen LogP contribution in [0.5, 0.6) is 5.75 Å². The lowest BCUT2D eigenvalue weighted by Gasteiger charge is -2.33. The third-order valence-electron chi connectivity index (χ3n) is 5.55. The number of aromatic nitrogens is 3. The van der Waals surface area contributed by atoms with Crippen LogP contribution in [0.2, 0.25) is 0 Å². The molecule has 0 spiro atoms. The number of amides is 1. The first kappa shape index (κ1) is 24.4. The van der Waals surface area contributed by atoms with E-state index in [0.717, 1.165) is 16.9 Å². The molecule has 3 heterocycles. The van der Waals surface area contributed by atoms with E-state index in [1.165, 1.54) is 30.6 Å². The number of carbonyl (C=O) groups is 2. The van der Waals surface area contributed by atoms with Gasteiger partial charge in [0.05, 0.1) is 29.5 Å². The van der Waals surface area contributed by atoms with Gasteiger partial charge < -0.3 is 14.8 Å². The van der Waals surface area contributed by atoms with Gasteiger partial charge >= 0.3 is 5.97 Å². The van der Waals surface area contributed by atoms with E-state index >= 15 is 0 Å². The fraction of sp³-hybridized carbons (Fsp3) is 0.391. The molecule has 9 nitrogen and oxygen atoms in total. The van der Waals surface area contributed by atoms with Gasteiger partial charge in [0.1, 0.15) is 12.4 Å². The standard InChI is InChI=1S/C23H27N5O4S2/c1-5-9-28-17(11-32-15-8-6-7-13(2)10-15)26-27-23(28)33-12-16-24-20(29)18-14(3)19(22(30)31-4)34-21(18)25-16/h5-8,10,16,18,21,25H,1,9,11-12H2,2-4H3,(H,24,29). The van der Waals surface area contributed by atoms with Crippen molar-refractivity contribution in [2.45, 2.75) is 43.7 Å². The summed E-state index contributed by atoms with van der Waals surface area (Å²) in [7, 11) is 1.34. The minimum Gasteiger partial charge on any atom is -0.486 e. The summed E-state index contributed by atoms with van der Waals surface area (Å²) in [5.41, 5.74) is 1.86. The second-order valence-electron chi connectivity index (χ2n) is 7.96. The summed E-state index contributed by atoms with van der Waals surface area (Å²) in [4.78, 5) is 25.3. The number of nitrogens with one attached hydrogen (secondary N) is 2. The van der Waals surface area contributed by atoms with Crippen LogP contribution in [0.25, 0.3) is 0 Å². The zero-order chi connectivity index (χ0) is 24.2. The van der Waals surface area contributed by atoms with Gasteiger partial charge in [-0.1, -0.05) is 41.7 Å². The Hall–Kier alpha value is -2.76. The smallest absolute Gasteiger partial charge is 0.344 e. The lowest BCUT2D eigenvalue weighted by atomic mass is 9.97. The average molecular weight is 502 g/mol. The van der Waals surface area contributed by atoms with Crippen LogP contribution >= 0.6 is 23.5 Å². The normalized spacial score (nSPS) is 21.7. The number of ether oxygens (including phenoxy) is 2. The summed E-state index contributed by atoms with van der Waals surface area (Å²) in [5.74, 6) is 1.10. The number of rotatable bonds is 9. The molecule has 1 amide bonds. The average Bonchev–Trinajstić information content (AvgIpc) is 3.36. The number of allylic oxidation sites excluding steroid dienone is 1. The summed E-state index contributed by atoms with van der Waals surface area (Å²) in [6.07, 6.45) is 1.50. The first-order chi connectivity index (χ1) is 16.4. The Kier molecular flexibility index (Phi) is 7.64. The Morgan fingerprint density at radius 2 is 2.18 bits per heavy atom. The first-order valence-electron chi connectivity index (χ1n) is 10.8. The fourth-order valence-electron chi connectivity index (χ4n) is 3.87. The maximum absolute atomic E-state index is 12.8. The predicted molar refractivity (Wildman–Crippen MR) is 131 cm³/mol. The number of fused-ring (bicyclic) bond motifs is 1. The van der Waals surface area contributed by atoms with Crippen molar-refractivity contribution in [2.75, 3.05) is 12.9 Å². The molecule has 2 aromatic rings. The van der Waals surface area contributed by atoms with Crippen LogP contribution in [0.1, 0.15) is 18.3 Å². The topological polar surface area (TPSA) is 107 Å². The number of hydrogen-bond donors (Lipinski definition) is 2. The predicted octanol–water partition coefficient (Wildman–Crippen LogP) is 2.63. The third kappa shape index (κ3) is 5.16. The molecule has 3 atom stereocenters. The lowest BCUT2D eigenvalue weighted by Crippen LogP contribution is -2.60. The van der Waals surface area contributed by atoms with Gasteiger partial charge in [0.2, 0.25) is 5.91 Å². The Bertz CT molecular complexity index is 1130. The number of hydrogen-bond acceptors (Lipinski definition) is 9. The van der Waals surface area contributed by atoms with Crippen molar-refractivity contribution < 1.29 is 19.1 Å². The molecule has 2 aliphatic heterocycles. The van der Waals surface area contributed by atoms with E-state index in [1.807, 2.05) is 35.8 Å². The van der Waals surface area contributed by atoms with E-state index in [1.54, 1.807) is 13.0 Å². The molecule has 180 valence electrons. The van der Waals surface area contributed by atoms with Crippen LogP contribution in [-0.4, -0.2) is 51.0 Å². The number of esters is 1. The van der Waals surface area contributed by atoms with E-state index in [2.05, 4.69) is 27.4 Å². The number of aryl methyl sites for hydroxylation is 1. The van der Waals surface area contributed by atoms with E-state index in [4.69, 9.17) is 9.47 Å². The van der Waals surface area contributed by atoms with Crippen LogP contribution in [0.4, 0.5) is 0 Å². The Morgan fingerprint density at radius 1 is 1.35 bits per heavy atom. The van der Waals surface area contributed by atoms with Crippen LogP contribution in [0.15, 0.2) is 52.6 Å². The maximum Gasteiger partial charge on any atom is 0.344 e. The minimum absolute atomic E-state index is 0.0990. The van der Waals surface area contributed by atoms with Crippen molar-refractivity contribution in [3.63, 3.8) is 0 Å². The molecule has 11 heteroatoms. The van der Waals surface area contributed by atoms with E-state index in [-0.39, 0.29) is 24.1 Å². The molecule has 2 N–H and O–H groups in total. The number of thioether (sulfide) groups is 2. The van der Waals surface area contributed by atoms with Gasteiger partial charge in [-0.15, -0.1) is 16.8 Å². The van der Waals surface area contributed by atoms with E-state index < -0.39 is 11.9 Å². The maximum atomic E-state index is 12.8. The highest BCUT2D eigenvalue weighted by molar-refractivity contribution is 8.04. The fourth-order valence-corrected chi connectivity index (χ4v) is 6.24. The molecule has 3 unspecified atom stereocenters. The molecule has 0 aliphatic carbocycles. The van der Waals surface area contributed by atoms with Gasteiger partial charge in [-0.25, -0.2) is 4.79 Å². The highest BCUT2D eigenvalue weighted by atomic mass is 32.2. The second kappa shape index (κ2) is 10.7. The molecule has 0 saturated carbocycles. The molecule has 0 bridgehead atoms. The lowest BCUT2D eigenvalue weighted by molar-refractivity contribution is -0.135. The molecule has 2 aliphatic rings. The van der Waals surface area contributed by atoms with Crippen LogP contribution in [0, 0.1) is 12.8 Å². The van der Waals surface area contributed by atoms with Crippen molar-refractivity contribution in [3.05, 3.63) is 58.8 Å². The molecule has 0 radical (unpaired) electrons. The van der Waals surface area contributed by atoms with Crippen LogP contribution < -0.4 is 15.4 Å². The minimum atomic E-state index is -0.407. The molecule has 1 aromatic carbocycles. The Balaban J connectivity index is 1.39. The molecule has 34 heavy (non-hydrogen) atoms. The van der Waals surface area contributed by atoms with Gasteiger partial charge in [0, 0.05) is 12.3 Å². The highest BCUT2D eigenvalue weighted by Crippen LogP contribution is 2.43. The SMILES string of the molecule is C=CCn1c(COc2cccc(C)c2)nnc1SCC1NC(=O)C2C(C)=C(C(=O)OC)SC2N1.